The maximum absolute atomic E-state index is 14.3. The van der Waals surface area contributed by atoms with Gasteiger partial charge in [-0.05, 0) is 85.0 Å². The van der Waals surface area contributed by atoms with Crippen LogP contribution in [0.4, 0.5) is 14.5 Å². The van der Waals surface area contributed by atoms with Gasteiger partial charge in [-0.15, -0.1) is 0 Å². The second-order valence-electron chi connectivity index (χ2n) is 10.2. The molecule has 41 heavy (non-hydrogen) atoms. The Morgan fingerprint density at radius 3 is 2.34 bits per heavy atom. The smallest absolute Gasteiger partial charge is 0.269 e. The Morgan fingerprint density at radius 2 is 1.68 bits per heavy atom. The molecule has 3 aromatic rings. The van der Waals surface area contributed by atoms with Crippen molar-refractivity contribution >= 4 is 40.7 Å². The maximum atomic E-state index is 14.3. The summed E-state index contributed by atoms with van der Waals surface area (Å²) in [5, 5.41) is 0.767. The number of carbonyl (C=O) groups excluding carboxylic acids is 2. The van der Waals surface area contributed by atoms with Crippen LogP contribution in [0.5, 0.6) is 11.5 Å². The molecular weight excluding hydrogens is 573 g/mol. The number of methoxy groups -OCH3 is 2. The molecule has 10 heteroatoms. The van der Waals surface area contributed by atoms with Crippen molar-refractivity contribution in [1.82, 2.24) is 4.90 Å². The molecule has 0 radical (unpaired) electrons. The molecule has 5 rings (SSSR count). The highest BCUT2D eigenvalue weighted by atomic mass is 35.5. The van der Waals surface area contributed by atoms with Crippen LogP contribution in [0.2, 0.25) is 10.0 Å². The number of amides is 2. The van der Waals surface area contributed by atoms with Gasteiger partial charge in [-0.1, -0.05) is 23.2 Å². The first kappa shape index (κ1) is 28.9. The van der Waals surface area contributed by atoms with Gasteiger partial charge in [0.2, 0.25) is 5.91 Å². The average Bonchev–Trinajstić information content (AvgIpc) is 3.18. The quantitative estimate of drug-likeness (QED) is 0.299. The molecule has 6 nitrogen and oxygen atoms in total. The summed E-state index contributed by atoms with van der Waals surface area (Å²) in [4.78, 5) is 31.0. The minimum atomic E-state index is -1.67. The number of rotatable bonds is 6. The SMILES string of the molecule is COc1ccc(CN2C(=O)C(C)(c3cc(C(=O)N4CCC(=C(F)F)CC4)ccc3Cl)c3cc(Cl)ccc32)c(OC)c1. The van der Waals surface area contributed by atoms with Gasteiger partial charge < -0.3 is 19.3 Å². The fourth-order valence-electron chi connectivity index (χ4n) is 5.60. The Balaban J connectivity index is 1.53. The number of anilines is 1. The molecule has 0 bridgehead atoms. The van der Waals surface area contributed by atoms with Gasteiger partial charge >= 0.3 is 0 Å². The highest BCUT2D eigenvalue weighted by Gasteiger charge is 2.50. The van der Waals surface area contributed by atoms with E-state index in [9.17, 15) is 18.4 Å². The van der Waals surface area contributed by atoms with Crippen LogP contribution in [0, 0.1) is 0 Å². The van der Waals surface area contributed by atoms with E-state index in [4.69, 9.17) is 32.7 Å². The highest BCUT2D eigenvalue weighted by Crippen LogP contribution is 2.49. The number of halogens is 4. The van der Waals surface area contributed by atoms with E-state index in [0.29, 0.717) is 43.9 Å². The molecule has 0 aromatic heterocycles. The average molecular weight is 601 g/mol. The van der Waals surface area contributed by atoms with Crippen LogP contribution >= 0.6 is 23.2 Å². The van der Waals surface area contributed by atoms with Crippen molar-refractivity contribution < 1.29 is 27.8 Å². The zero-order valence-corrected chi connectivity index (χ0v) is 24.3. The van der Waals surface area contributed by atoms with E-state index in [1.807, 2.05) is 6.07 Å². The maximum Gasteiger partial charge on any atom is 0.269 e. The summed E-state index contributed by atoms with van der Waals surface area (Å²) in [6.07, 6.45) is -1.42. The number of likely N-dealkylation sites (tertiary alicyclic amines) is 1. The summed E-state index contributed by atoms with van der Waals surface area (Å²) in [6.45, 7) is 2.36. The van der Waals surface area contributed by atoms with Crippen LogP contribution in [0.1, 0.15) is 46.8 Å². The Morgan fingerprint density at radius 1 is 0.951 bits per heavy atom. The predicted octanol–water partition coefficient (Wildman–Crippen LogP) is 7.25. The molecule has 214 valence electrons. The lowest BCUT2D eigenvalue weighted by molar-refractivity contribution is -0.121. The van der Waals surface area contributed by atoms with Gasteiger partial charge in [0.25, 0.3) is 12.0 Å². The second-order valence-corrected chi connectivity index (χ2v) is 11.0. The zero-order valence-electron chi connectivity index (χ0n) is 22.8. The van der Waals surface area contributed by atoms with Gasteiger partial charge in [-0.25, -0.2) is 0 Å². The molecule has 0 saturated carbocycles. The largest absolute Gasteiger partial charge is 0.497 e. The molecule has 0 aliphatic carbocycles. The molecule has 1 fully saturated rings. The third-order valence-electron chi connectivity index (χ3n) is 7.96. The number of piperidine rings is 1. The summed E-state index contributed by atoms with van der Waals surface area (Å²) in [5.74, 6) is 0.644. The number of hydrogen-bond acceptors (Lipinski definition) is 4. The number of carbonyl (C=O) groups is 2. The third-order valence-corrected chi connectivity index (χ3v) is 8.52. The Labute approximate surface area is 247 Å². The Hall–Kier alpha value is -3.62. The summed E-state index contributed by atoms with van der Waals surface area (Å²) in [5.41, 5.74) is 1.68. The molecule has 1 atom stereocenters. The van der Waals surface area contributed by atoms with Crippen molar-refractivity contribution in [2.24, 2.45) is 0 Å². The highest BCUT2D eigenvalue weighted by molar-refractivity contribution is 6.33. The van der Waals surface area contributed by atoms with Gasteiger partial charge in [0, 0.05) is 46.0 Å². The molecular formula is C31H28Cl2F2N2O4. The molecule has 2 aliphatic rings. The lowest BCUT2D eigenvalue weighted by Crippen LogP contribution is -2.39. The van der Waals surface area contributed by atoms with Gasteiger partial charge in [0.1, 0.15) is 16.9 Å². The lowest BCUT2D eigenvalue weighted by atomic mass is 9.76. The van der Waals surface area contributed by atoms with Crippen molar-refractivity contribution in [3.05, 3.63) is 98.6 Å². The first-order valence-corrected chi connectivity index (χ1v) is 13.8. The second kappa shape index (κ2) is 11.3. The summed E-state index contributed by atoms with van der Waals surface area (Å²) < 4.78 is 36.9. The summed E-state index contributed by atoms with van der Waals surface area (Å²) in [6, 6.07) is 15.5. The number of hydrogen-bond donors (Lipinski definition) is 0. The van der Waals surface area contributed by atoms with Crippen molar-refractivity contribution in [2.75, 3.05) is 32.2 Å². The normalized spacial score (nSPS) is 18.4. The van der Waals surface area contributed by atoms with E-state index in [1.54, 1.807) is 79.5 Å². The van der Waals surface area contributed by atoms with Gasteiger partial charge in [0.15, 0.2) is 0 Å². The van der Waals surface area contributed by atoms with E-state index in [1.165, 1.54) is 0 Å². The molecule has 0 spiro atoms. The van der Waals surface area contributed by atoms with Crippen molar-refractivity contribution in [2.45, 2.75) is 31.7 Å². The van der Waals surface area contributed by atoms with Crippen LogP contribution in [0.15, 0.2) is 66.3 Å². The topological polar surface area (TPSA) is 59.1 Å². The first-order chi connectivity index (χ1) is 19.6. The molecule has 1 saturated heterocycles. The lowest BCUT2D eigenvalue weighted by Gasteiger charge is -2.30. The number of fused-ring (bicyclic) bond motifs is 1. The van der Waals surface area contributed by atoms with Crippen LogP contribution < -0.4 is 14.4 Å². The molecule has 2 heterocycles. The standard InChI is InChI=1S/C31H28Cl2F2N2O4/c1-31(23-14-19(5-8-25(23)33)29(38)36-12-10-18(11-13-36)28(34)35)24-15-21(32)6-9-26(24)37(30(31)39)17-20-4-7-22(40-2)16-27(20)41-3/h4-9,14-16H,10-13,17H2,1-3H3. The minimum absolute atomic E-state index is 0.0805. The van der Waals surface area contributed by atoms with Crippen LogP contribution in [-0.2, 0) is 16.8 Å². The van der Waals surface area contributed by atoms with E-state index in [0.717, 1.165) is 5.56 Å². The van der Waals surface area contributed by atoms with Crippen molar-refractivity contribution in [3.63, 3.8) is 0 Å². The van der Waals surface area contributed by atoms with Crippen LogP contribution in [0.3, 0.4) is 0 Å². The Bertz CT molecular complexity index is 1560. The summed E-state index contributed by atoms with van der Waals surface area (Å²) >= 11 is 13.1. The van der Waals surface area contributed by atoms with E-state index < -0.39 is 11.5 Å². The van der Waals surface area contributed by atoms with E-state index in [-0.39, 0.29) is 49.9 Å². The molecule has 2 aliphatic heterocycles. The van der Waals surface area contributed by atoms with Crippen LogP contribution in [0.25, 0.3) is 0 Å². The van der Waals surface area contributed by atoms with Gasteiger partial charge in [0.05, 0.1) is 20.8 Å². The van der Waals surface area contributed by atoms with E-state index in [2.05, 4.69) is 0 Å². The number of ether oxygens (including phenoxy) is 2. The molecule has 0 N–H and O–H groups in total. The van der Waals surface area contributed by atoms with Crippen molar-refractivity contribution in [1.29, 1.82) is 0 Å². The summed E-state index contributed by atoms with van der Waals surface area (Å²) in [7, 11) is 3.12. The predicted molar refractivity (Wildman–Crippen MR) is 154 cm³/mol. The fraction of sp³-hybridized carbons (Fsp3) is 0.290. The van der Waals surface area contributed by atoms with Crippen LogP contribution in [-0.4, -0.2) is 44.0 Å². The van der Waals surface area contributed by atoms with E-state index >= 15 is 0 Å². The van der Waals surface area contributed by atoms with Gasteiger partial charge in [-0.2, -0.15) is 8.78 Å². The van der Waals surface area contributed by atoms with Crippen molar-refractivity contribution in [3.8, 4) is 11.5 Å². The molecule has 1 unspecified atom stereocenters. The first-order valence-electron chi connectivity index (χ1n) is 13.0. The minimum Gasteiger partial charge on any atom is -0.497 e. The fourth-order valence-corrected chi connectivity index (χ4v) is 6.08. The molecule has 3 aromatic carbocycles. The number of benzene rings is 3. The Kier molecular flexibility index (Phi) is 7.99. The molecule has 2 amide bonds. The monoisotopic (exact) mass is 600 g/mol. The third kappa shape index (κ3) is 5.15. The number of nitrogens with zero attached hydrogens (tertiary/aromatic N) is 2. The zero-order chi connectivity index (χ0) is 29.5. The van der Waals surface area contributed by atoms with Gasteiger partial charge in [-0.3, -0.25) is 9.59 Å².